The lowest BCUT2D eigenvalue weighted by atomic mass is 10.1. The van der Waals surface area contributed by atoms with Crippen molar-refractivity contribution in [3.8, 4) is 6.07 Å². The van der Waals surface area contributed by atoms with E-state index in [1.54, 1.807) is 24.3 Å². The lowest BCUT2D eigenvalue weighted by Crippen LogP contribution is -2.29. The number of benzene rings is 2. The summed E-state index contributed by atoms with van der Waals surface area (Å²) >= 11 is 0. The van der Waals surface area contributed by atoms with Crippen LogP contribution >= 0.6 is 0 Å². The summed E-state index contributed by atoms with van der Waals surface area (Å²) in [5, 5.41) is 14.7. The number of hydrogen-bond acceptors (Lipinski definition) is 3. The number of nitriles is 1. The van der Waals surface area contributed by atoms with Gasteiger partial charge in [-0.25, -0.2) is 0 Å². The molecule has 0 radical (unpaired) electrons. The average molecular weight is 279 g/mol. The largest absolute Gasteiger partial charge is 0.325 e. The van der Waals surface area contributed by atoms with Crippen LogP contribution in [0.15, 0.2) is 54.6 Å². The summed E-state index contributed by atoms with van der Waals surface area (Å²) in [5.41, 5.74) is 2.42. The van der Waals surface area contributed by atoms with Crippen LogP contribution in [-0.2, 0) is 11.2 Å². The maximum atomic E-state index is 11.8. The van der Waals surface area contributed by atoms with Gasteiger partial charge in [0.1, 0.15) is 0 Å². The number of carbonyl (C=O) groups is 1. The van der Waals surface area contributed by atoms with Crippen molar-refractivity contribution in [2.24, 2.45) is 0 Å². The smallest absolute Gasteiger partial charge is 0.238 e. The van der Waals surface area contributed by atoms with E-state index in [0.29, 0.717) is 11.3 Å². The number of amides is 1. The van der Waals surface area contributed by atoms with Crippen molar-refractivity contribution in [3.63, 3.8) is 0 Å². The molecule has 0 atom stereocenters. The third-order valence-electron chi connectivity index (χ3n) is 2.99. The van der Waals surface area contributed by atoms with Crippen LogP contribution in [-0.4, -0.2) is 19.0 Å². The maximum Gasteiger partial charge on any atom is 0.238 e. The van der Waals surface area contributed by atoms with Gasteiger partial charge in [-0.05, 0) is 36.7 Å². The Kier molecular flexibility index (Phi) is 5.50. The highest BCUT2D eigenvalue weighted by molar-refractivity contribution is 5.92. The Morgan fingerprint density at radius 2 is 1.90 bits per heavy atom. The second-order valence-electron chi connectivity index (χ2n) is 4.65. The molecule has 4 nitrogen and oxygen atoms in total. The summed E-state index contributed by atoms with van der Waals surface area (Å²) in [6.07, 6.45) is 0.887. The van der Waals surface area contributed by atoms with Crippen LogP contribution < -0.4 is 10.6 Å². The van der Waals surface area contributed by atoms with Gasteiger partial charge in [-0.15, -0.1) is 0 Å². The van der Waals surface area contributed by atoms with Gasteiger partial charge in [-0.2, -0.15) is 5.26 Å². The zero-order valence-corrected chi connectivity index (χ0v) is 11.7. The second-order valence-corrected chi connectivity index (χ2v) is 4.65. The summed E-state index contributed by atoms with van der Waals surface area (Å²) in [6.45, 7) is 0.999. The number of carbonyl (C=O) groups excluding carboxylic acids is 1. The first-order chi connectivity index (χ1) is 10.3. The molecule has 2 aromatic rings. The summed E-state index contributed by atoms with van der Waals surface area (Å²) in [7, 11) is 0. The fraction of sp³-hybridized carbons (Fsp3) is 0.176. The van der Waals surface area contributed by atoms with Crippen molar-refractivity contribution >= 4 is 11.6 Å². The first kappa shape index (κ1) is 14.8. The summed E-state index contributed by atoms with van der Waals surface area (Å²) in [5.74, 6) is -0.113. The number of nitrogens with one attached hydrogen (secondary N) is 2. The Bertz CT molecular complexity index is 632. The monoisotopic (exact) mass is 279 g/mol. The predicted molar refractivity (Wildman–Crippen MR) is 82.8 cm³/mol. The topological polar surface area (TPSA) is 64.9 Å². The summed E-state index contributed by atoms with van der Waals surface area (Å²) < 4.78 is 0. The van der Waals surface area contributed by atoms with Crippen LogP contribution in [0.4, 0.5) is 5.69 Å². The van der Waals surface area contributed by atoms with Crippen LogP contribution in [0.5, 0.6) is 0 Å². The summed E-state index contributed by atoms with van der Waals surface area (Å²) in [6, 6.07) is 19.0. The van der Waals surface area contributed by atoms with Crippen LogP contribution in [0.3, 0.4) is 0 Å². The molecule has 106 valence electrons. The zero-order chi connectivity index (χ0) is 14.9. The Hall–Kier alpha value is -2.64. The van der Waals surface area contributed by atoms with E-state index >= 15 is 0 Å². The molecule has 2 aromatic carbocycles. The van der Waals surface area contributed by atoms with Crippen molar-refractivity contribution in [3.05, 3.63) is 65.7 Å². The Morgan fingerprint density at radius 1 is 1.10 bits per heavy atom. The molecular weight excluding hydrogens is 262 g/mol. The van der Waals surface area contributed by atoms with Crippen LogP contribution in [0.2, 0.25) is 0 Å². The molecule has 0 aliphatic heterocycles. The minimum atomic E-state index is -0.113. The van der Waals surface area contributed by atoms with Gasteiger partial charge in [-0.3, -0.25) is 4.79 Å². The number of anilines is 1. The van der Waals surface area contributed by atoms with E-state index in [-0.39, 0.29) is 12.5 Å². The van der Waals surface area contributed by atoms with Crippen LogP contribution in [0.25, 0.3) is 0 Å². The first-order valence-corrected chi connectivity index (χ1v) is 6.82. The molecule has 0 fully saturated rings. The van der Waals surface area contributed by atoms with E-state index in [4.69, 9.17) is 5.26 Å². The Labute approximate surface area is 124 Å². The van der Waals surface area contributed by atoms with Gasteiger partial charge in [0.05, 0.1) is 18.2 Å². The maximum absolute atomic E-state index is 11.8. The van der Waals surface area contributed by atoms with Crippen LogP contribution in [0, 0.1) is 11.3 Å². The molecule has 0 bridgehead atoms. The predicted octanol–water partition coefficient (Wildman–Crippen LogP) is 2.33. The third-order valence-corrected chi connectivity index (χ3v) is 2.99. The lowest BCUT2D eigenvalue weighted by Gasteiger charge is -2.07. The molecular formula is C17H17N3O. The molecule has 0 saturated carbocycles. The van der Waals surface area contributed by atoms with Crippen molar-refractivity contribution in [2.75, 3.05) is 18.4 Å². The molecule has 2 rings (SSSR count). The standard InChI is InChI=1S/C17H17N3O/c18-12-15-7-4-8-16(11-15)20-17(21)13-19-10-9-14-5-2-1-3-6-14/h1-8,11,19H,9-10,13H2,(H,20,21). The van der Waals surface area contributed by atoms with E-state index in [2.05, 4.69) is 22.8 Å². The van der Waals surface area contributed by atoms with Gasteiger partial charge in [0, 0.05) is 5.69 Å². The highest BCUT2D eigenvalue weighted by Gasteiger charge is 2.02. The highest BCUT2D eigenvalue weighted by Crippen LogP contribution is 2.09. The number of hydrogen-bond donors (Lipinski definition) is 2. The molecule has 0 heterocycles. The van der Waals surface area contributed by atoms with E-state index < -0.39 is 0 Å². The fourth-order valence-electron chi connectivity index (χ4n) is 1.95. The fourth-order valence-corrected chi connectivity index (χ4v) is 1.95. The zero-order valence-electron chi connectivity index (χ0n) is 11.7. The van der Waals surface area contributed by atoms with Gasteiger partial charge in [0.2, 0.25) is 5.91 Å². The molecule has 0 aliphatic carbocycles. The Balaban J connectivity index is 1.71. The molecule has 0 saturated heterocycles. The second kappa shape index (κ2) is 7.83. The van der Waals surface area contributed by atoms with Gasteiger partial charge in [0.15, 0.2) is 0 Å². The molecule has 1 amide bonds. The minimum Gasteiger partial charge on any atom is -0.325 e. The van der Waals surface area contributed by atoms with Gasteiger partial charge < -0.3 is 10.6 Å². The quantitative estimate of drug-likeness (QED) is 0.798. The first-order valence-electron chi connectivity index (χ1n) is 6.82. The van der Waals surface area contributed by atoms with E-state index in [1.165, 1.54) is 5.56 Å². The average Bonchev–Trinajstić information content (AvgIpc) is 2.53. The molecule has 0 unspecified atom stereocenters. The normalized spacial score (nSPS) is 9.86. The van der Waals surface area contributed by atoms with E-state index in [9.17, 15) is 4.79 Å². The van der Waals surface area contributed by atoms with E-state index in [0.717, 1.165) is 13.0 Å². The van der Waals surface area contributed by atoms with Crippen molar-refractivity contribution < 1.29 is 4.79 Å². The molecule has 0 spiro atoms. The third kappa shape index (κ3) is 5.09. The molecule has 21 heavy (non-hydrogen) atoms. The van der Waals surface area contributed by atoms with E-state index in [1.807, 2.05) is 24.3 Å². The summed E-state index contributed by atoms with van der Waals surface area (Å²) in [4.78, 5) is 11.8. The highest BCUT2D eigenvalue weighted by atomic mass is 16.1. The van der Waals surface area contributed by atoms with Gasteiger partial charge in [-0.1, -0.05) is 36.4 Å². The van der Waals surface area contributed by atoms with Crippen molar-refractivity contribution in [2.45, 2.75) is 6.42 Å². The van der Waals surface area contributed by atoms with Crippen LogP contribution in [0.1, 0.15) is 11.1 Å². The molecule has 0 aromatic heterocycles. The number of nitrogens with zero attached hydrogens (tertiary/aromatic N) is 1. The number of rotatable bonds is 6. The Morgan fingerprint density at radius 3 is 2.67 bits per heavy atom. The lowest BCUT2D eigenvalue weighted by molar-refractivity contribution is -0.115. The molecule has 0 aliphatic rings. The van der Waals surface area contributed by atoms with Crippen molar-refractivity contribution in [1.29, 1.82) is 5.26 Å². The molecule has 2 N–H and O–H groups in total. The van der Waals surface area contributed by atoms with Gasteiger partial charge >= 0.3 is 0 Å². The molecule has 4 heteroatoms. The van der Waals surface area contributed by atoms with Gasteiger partial charge in [0.25, 0.3) is 0 Å². The minimum absolute atomic E-state index is 0.113. The van der Waals surface area contributed by atoms with Crippen molar-refractivity contribution in [1.82, 2.24) is 5.32 Å². The SMILES string of the molecule is N#Cc1cccc(NC(=O)CNCCc2ccccc2)c1.